The maximum absolute atomic E-state index is 12.4. The van der Waals surface area contributed by atoms with Crippen LogP contribution in [0.4, 0.5) is 0 Å². The fourth-order valence-electron chi connectivity index (χ4n) is 3.11. The highest BCUT2D eigenvalue weighted by molar-refractivity contribution is 5.97. The summed E-state index contributed by atoms with van der Waals surface area (Å²) in [6.45, 7) is 2.23. The van der Waals surface area contributed by atoms with Gasteiger partial charge in [-0.25, -0.2) is 10.2 Å². The van der Waals surface area contributed by atoms with Gasteiger partial charge in [-0.1, -0.05) is 24.0 Å². The zero-order valence-electron chi connectivity index (χ0n) is 17.7. The number of carbonyl (C=O) groups excluding carboxylic acids is 2. The minimum absolute atomic E-state index is 0.354. The van der Waals surface area contributed by atoms with Crippen LogP contribution in [0.1, 0.15) is 34.0 Å². The van der Waals surface area contributed by atoms with Gasteiger partial charge < -0.3 is 20.2 Å². The van der Waals surface area contributed by atoms with E-state index in [1.165, 1.54) is 14.0 Å². The quantitative estimate of drug-likeness (QED) is 0.503. The number of esters is 1. The number of methoxy groups -OCH3 is 1. The molecule has 31 heavy (non-hydrogen) atoms. The highest BCUT2D eigenvalue weighted by Gasteiger charge is 2.26. The van der Waals surface area contributed by atoms with Gasteiger partial charge in [-0.3, -0.25) is 4.79 Å². The van der Waals surface area contributed by atoms with Crippen LogP contribution in [0.5, 0.6) is 0 Å². The Hall–Kier alpha value is -3.60. The second-order valence-electron chi connectivity index (χ2n) is 7.13. The first-order valence-electron chi connectivity index (χ1n) is 9.85. The number of hydrogen-bond acceptors (Lipinski definition) is 6. The van der Waals surface area contributed by atoms with E-state index in [1.54, 1.807) is 24.3 Å². The van der Waals surface area contributed by atoms with Gasteiger partial charge in [-0.2, -0.15) is 0 Å². The Morgan fingerprint density at radius 3 is 2.16 bits per heavy atom. The number of rotatable bonds is 5. The van der Waals surface area contributed by atoms with E-state index < -0.39 is 24.0 Å². The minimum atomic E-state index is -1.13. The summed E-state index contributed by atoms with van der Waals surface area (Å²) in [5, 5.41) is 14.2. The van der Waals surface area contributed by atoms with Crippen LogP contribution in [0.3, 0.4) is 0 Å². The molecule has 1 amide bonds. The molecule has 2 atom stereocenters. The topological polar surface area (TPSA) is 90.9 Å². The van der Waals surface area contributed by atoms with Crippen molar-refractivity contribution in [3.63, 3.8) is 0 Å². The van der Waals surface area contributed by atoms with E-state index in [0.29, 0.717) is 5.56 Å². The van der Waals surface area contributed by atoms with Crippen molar-refractivity contribution in [2.24, 2.45) is 0 Å². The number of nitrogens with one attached hydrogen (secondary N) is 2. The van der Waals surface area contributed by atoms with Gasteiger partial charge in [-0.15, -0.1) is 0 Å². The van der Waals surface area contributed by atoms with E-state index in [4.69, 9.17) is 0 Å². The average molecular weight is 419 g/mol. The Labute approximate surface area is 181 Å². The molecular formula is C24H25N3O4. The van der Waals surface area contributed by atoms with Gasteiger partial charge in [0.15, 0.2) is 6.04 Å². The van der Waals surface area contributed by atoms with Crippen LogP contribution < -0.4 is 10.7 Å². The summed E-state index contributed by atoms with van der Waals surface area (Å²) >= 11 is 0. The van der Waals surface area contributed by atoms with Crippen LogP contribution in [-0.2, 0) is 9.53 Å². The number of aliphatic hydroxyl groups is 1. The molecule has 0 fully saturated rings. The van der Waals surface area contributed by atoms with E-state index >= 15 is 0 Å². The molecular weight excluding hydrogens is 394 g/mol. The third-order valence-electron chi connectivity index (χ3n) is 4.89. The molecule has 0 aliphatic carbocycles. The summed E-state index contributed by atoms with van der Waals surface area (Å²) in [6.07, 6.45) is 1.06. The van der Waals surface area contributed by atoms with E-state index in [1.807, 2.05) is 36.3 Å². The van der Waals surface area contributed by atoms with Crippen molar-refractivity contribution in [1.29, 1.82) is 0 Å². The number of carbonyl (C=O) groups is 2. The van der Waals surface area contributed by atoms with Crippen LogP contribution in [-0.4, -0.2) is 54.8 Å². The normalized spacial score (nSPS) is 14.7. The van der Waals surface area contributed by atoms with Gasteiger partial charge in [0.05, 0.1) is 18.9 Å². The molecule has 0 spiro atoms. The smallest absolute Gasteiger partial charge is 0.331 e. The molecule has 1 aliphatic heterocycles. The highest BCUT2D eigenvalue weighted by atomic mass is 16.5. The largest absolute Gasteiger partial charge is 0.467 e. The van der Waals surface area contributed by atoms with E-state index in [-0.39, 0.29) is 0 Å². The fourth-order valence-corrected chi connectivity index (χ4v) is 3.11. The van der Waals surface area contributed by atoms with Crippen molar-refractivity contribution >= 4 is 17.6 Å². The van der Waals surface area contributed by atoms with Crippen molar-refractivity contribution in [3.8, 4) is 11.8 Å². The lowest BCUT2D eigenvalue weighted by molar-refractivity contribution is -0.145. The zero-order valence-corrected chi connectivity index (χ0v) is 17.7. The summed E-state index contributed by atoms with van der Waals surface area (Å²) in [5.41, 5.74) is 7.47. The molecule has 2 aromatic rings. The maximum Gasteiger partial charge on any atom is 0.331 e. The SMILES string of the molecule is COC(=O)C(NC(=O)c1ccc(C#Cc2ccc(C3=CCNN3C)cc2)cc1)C(C)O. The number of aliphatic hydroxyl groups excluding tert-OH is 1. The summed E-state index contributed by atoms with van der Waals surface area (Å²) in [7, 11) is 3.18. The predicted molar refractivity (Wildman–Crippen MR) is 118 cm³/mol. The molecule has 2 unspecified atom stereocenters. The summed E-state index contributed by atoms with van der Waals surface area (Å²) in [5.74, 6) is 5.01. The standard InChI is InChI=1S/C24H25N3O4/c1-16(28)22(24(30)31-3)26-23(29)20-12-8-18(9-13-20)5-4-17-6-10-19(11-7-17)21-14-15-25-27(21)2/h6-14,16,22,25,28H,15H2,1-3H3,(H,26,29). The first-order chi connectivity index (χ1) is 14.9. The first-order valence-corrected chi connectivity index (χ1v) is 9.85. The molecule has 0 aromatic heterocycles. The Balaban J connectivity index is 1.65. The zero-order chi connectivity index (χ0) is 22.4. The first kappa shape index (κ1) is 22.1. The van der Waals surface area contributed by atoms with Crippen molar-refractivity contribution in [1.82, 2.24) is 15.8 Å². The average Bonchev–Trinajstić information content (AvgIpc) is 3.21. The molecule has 3 rings (SSSR count). The number of hydrazine groups is 1. The number of hydrogen-bond donors (Lipinski definition) is 3. The minimum Gasteiger partial charge on any atom is -0.467 e. The molecule has 0 saturated heterocycles. The lowest BCUT2D eigenvalue weighted by atomic mass is 10.1. The highest BCUT2D eigenvalue weighted by Crippen LogP contribution is 2.19. The third-order valence-corrected chi connectivity index (χ3v) is 4.89. The van der Waals surface area contributed by atoms with Gasteiger partial charge in [0.1, 0.15) is 0 Å². The van der Waals surface area contributed by atoms with E-state index in [2.05, 4.69) is 33.4 Å². The number of benzene rings is 2. The second kappa shape index (κ2) is 9.94. The van der Waals surface area contributed by atoms with Crippen LogP contribution in [0.15, 0.2) is 54.6 Å². The Morgan fingerprint density at radius 1 is 1.10 bits per heavy atom. The molecule has 0 bridgehead atoms. The van der Waals surface area contributed by atoms with E-state index in [0.717, 1.165) is 28.9 Å². The van der Waals surface area contributed by atoms with Crippen LogP contribution in [0, 0.1) is 11.8 Å². The molecule has 7 nitrogen and oxygen atoms in total. The predicted octanol–water partition coefficient (Wildman–Crippen LogP) is 1.53. The van der Waals surface area contributed by atoms with Crippen molar-refractivity contribution in [2.45, 2.75) is 19.1 Å². The number of nitrogens with zero attached hydrogens (tertiary/aromatic N) is 1. The molecule has 1 heterocycles. The summed E-state index contributed by atoms with van der Waals surface area (Å²) < 4.78 is 4.60. The van der Waals surface area contributed by atoms with Crippen molar-refractivity contribution in [3.05, 3.63) is 76.9 Å². The molecule has 2 aromatic carbocycles. The summed E-state index contributed by atoms with van der Waals surface area (Å²) in [6, 6.07) is 13.6. The Kier molecular flexibility index (Phi) is 7.08. The maximum atomic E-state index is 12.4. The lowest BCUT2D eigenvalue weighted by Crippen LogP contribution is -2.48. The Morgan fingerprint density at radius 2 is 1.68 bits per heavy atom. The van der Waals surface area contributed by atoms with Crippen LogP contribution in [0.2, 0.25) is 0 Å². The molecule has 0 saturated carbocycles. The lowest BCUT2D eigenvalue weighted by Gasteiger charge is -2.18. The van der Waals surface area contributed by atoms with Gasteiger partial charge in [0.2, 0.25) is 0 Å². The van der Waals surface area contributed by atoms with Gasteiger partial charge in [-0.05, 0) is 55.0 Å². The van der Waals surface area contributed by atoms with Crippen LogP contribution >= 0.6 is 0 Å². The molecule has 7 heteroatoms. The number of ether oxygens (including phenoxy) is 1. The van der Waals surface area contributed by atoms with Gasteiger partial charge >= 0.3 is 5.97 Å². The molecule has 160 valence electrons. The van der Waals surface area contributed by atoms with Crippen LogP contribution in [0.25, 0.3) is 5.70 Å². The summed E-state index contributed by atoms with van der Waals surface area (Å²) in [4.78, 5) is 24.0. The van der Waals surface area contributed by atoms with Gasteiger partial charge in [0.25, 0.3) is 5.91 Å². The molecule has 1 aliphatic rings. The molecule has 3 N–H and O–H groups in total. The third kappa shape index (κ3) is 5.51. The van der Waals surface area contributed by atoms with Crippen molar-refractivity contribution in [2.75, 3.05) is 20.7 Å². The molecule has 0 radical (unpaired) electrons. The fraction of sp³-hybridized carbons (Fsp3) is 0.250. The second-order valence-corrected chi connectivity index (χ2v) is 7.13. The monoisotopic (exact) mass is 419 g/mol. The van der Waals surface area contributed by atoms with Crippen molar-refractivity contribution < 1.29 is 19.4 Å². The van der Waals surface area contributed by atoms with Gasteiger partial charge in [0, 0.05) is 30.3 Å². The Bertz CT molecular complexity index is 1030. The number of amides is 1. The van der Waals surface area contributed by atoms with E-state index in [9.17, 15) is 14.7 Å².